The first-order valence-corrected chi connectivity index (χ1v) is 10.5. The van der Waals surface area contributed by atoms with E-state index in [0.29, 0.717) is 56.4 Å². The molecule has 1 N–H and O–H groups in total. The molecule has 0 fully saturated rings. The first-order valence-electron chi connectivity index (χ1n) is 8.71. The molecule has 0 bridgehead atoms. The van der Waals surface area contributed by atoms with Crippen LogP contribution in [0.3, 0.4) is 0 Å². The van der Waals surface area contributed by atoms with Crippen LogP contribution in [0, 0.1) is 5.92 Å². The van der Waals surface area contributed by atoms with Crippen molar-refractivity contribution in [3.05, 3.63) is 24.3 Å². The van der Waals surface area contributed by atoms with Gasteiger partial charge in [-0.15, -0.1) is 0 Å². The Labute approximate surface area is 156 Å². The number of benzene rings is 1. The molecule has 0 radical (unpaired) electrons. The van der Waals surface area contributed by atoms with Crippen LogP contribution in [0.5, 0.6) is 5.75 Å². The molecule has 0 aromatic heterocycles. The maximum absolute atomic E-state index is 11.9. The van der Waals surface area contributed by atoms with Gasteiger partial charge in [-0.2, -0.15) is 8.42 Å². The van der Waals surface area contributed by atoms with Crippen LogP contribution < -0.4 is 10.1 Å². The minimum Gasteiger partial charge on any atom is -0.494 e. The van der Waals surface area contributed by atoms with Gasteiger partial charge in [0, 0.05) is 31.7 Å². The van der Waals surface area contributed by atoms with E-state index < -0.39 is 10.1 Å². The first-order chi connectivity index (χ1) is 12.3. The molecule has 1 aromatic carbocycles. The lowest BCUT2D eigenvalue weighted by atomic mass is 10.2. The fraction of sp³-hybridized carbons (Fsp3) is 0.611. The highest BCUT2D eigenvalue weighted by Gasteiger charge is 2.04. The Morgan fingerprint density at radius 3 is 2.38 bits per heavy atom. The summed E-state index contributed by atoms with van der Waals surface area (Å²) >= 11 is 0. The van der Waals surface area contributed by atoms with Gasteiger partial charge in [-0.3, -0.25) is 8.98 Å². The molecule has 148 valence electrons. The molecule has 0 saturated heterocycles. The minimum absolute atomic E-state index is 0.0512. The Kier molecular flexibility index (Phi) is 10.2. The molecule has 8 heteroatoms. The van der Waals surface area contributed by atoms with E-state index in [4.69, 9.17) is 9.47 Å². The van der Waals surface area contributed by atoms with Crippen molar-refractivity contribution in [1.29, 1.82) is 0 Å². The molecule has 1 aromatic rings. The van der Waals surface area contributed by atoms with Gasteiger partial charge in [-0.25, -0.2) is 0 Å². The molecule has 0 aliphatic carbocycles. The van der Waals surface area contributed by atoms with E-state index >= 15 is 0 Å². The van der Waals surface area contributed by atoms with Gasteiger partial charge in [0.2, 0.25) is 5.91 Å². The van der Waals surface area contributed by atoms with Crippen molar-refractivity contribution in [2.45, 2.75) is 33.1 Å². The van der Waals surface area contributed by atoms with Crippen molar-refractivity contribution < 1.29 is 26.9 Å². The zero-order valence-corrected chi connectivity index (χ0v) is 16.5. The minimum atomic E-state index is -3.40. The average molecular weight is 387 g/mol. The summed E-state index contributed by atoms with van der Waals surface area (Å²) in [5.74, 6) is 1.09. The molecule has 1 rings (SSSR count). The lowest BCUT2D eigenvalue weighted by Crippen LogP contribution is -2.13. The number of nitrogens with one attached hydrogen (secondary N) is 1. The van der Waals surface area contributed by atoms with Crippen LogP contribution in [-0.2, 0) is 23.8 Å². The Morgan fingerprint density at radius 1 is 1.08 bits per heavy atom. The van der Waals surface area contributed by atoms with Crippen LogP contribution in [0.1, 0.15) is 33.1 Å². The van der Waals surface area contributed by atoms with Crippen molar-refractivity contribution in [1.82, 2.24) is 0 Å². The molecule has 0 spiro atoms. The van der Waals surface area contributed by atoms with Crippen LogP contribution >= 0.6 is 0 Å². The van der Waals surface area contributed by atoms with Crippen molar-refractivity contribution in [2.75, 3.05) is 38.0 Å². The molecule has 0 aliphatic rings. The van der Waals surface area contributed by atoms with Gasteiger partial charge in [-0.1, -0.05) is 13.8 Å². The van der Waals surface area contributed by atoms with Crippen LogP contribution in [0.4, 0.5) is 5.69 Å². The largest absolute Gasteiger partial charge is 0.494 e. The second-order valence-electron chi connectivity index (χ2n) is 6.37. The summed E-state index contributed by atoms with van der Waals surface area (Å²) in [5.41, 5.74) is 0.700. The normalized spacial score (nSPS) is 11.5. The summed E-state index contributed by atoms with van der Waals surface area (Å²) in [7, 11) is -3.40. The fourth-order valence-electron chi connectivity index (χ4n) is 1.97. The number of amides is 1. The van der Waals surface area contributed by atoms with E-state index in [1.165, 1.54) is 0 Å². The molecule has 7 nitrogen and oxygen atoms in total. The van der Waals surface area contributed by atoms with E-state index in [1.807, 2.05) is 0 Å². The van der Waals surface area contributed by atoms with Crippen LogP contribution in [-0.4, -0.2) is 47.0 Å². The van der Waals surface area contributed by atoms with Gasteiger partial charge in [-0.05, 0) is 36.6 Å². The third kappa shape index (κ3) is 11.8. The van der Waals surface area contributed by atoms with Crippen molar-refractivity contribution in [2.24, 2.45) is 5.92 Å². The topological polar surface area (TPSA) is 90.9 Å². The van der Waals surface area contributed by atoms with Crippen molar-refractivity contribution in [3.63, 3.8) is 0 Å². The second-order valence-corrected chi connectivity index (χ2v) is 8.02. The number of ether oxygens (including phenoxy) is 2. The predicted molar refractivity (Wildman–Crippen MR) is 101 cm³/mol. The monoisotopic (exact) mass is 387 g/mol. The van der Waals surface area contributed by atoms with E-state index in [-0.39, 0.29) is 12.5 Å². The van der Waals surface area contributed by atoms with Gasteiger partial charge in [0.05, 0.1) is 19.5 Å². The maximum atomic E-state index is 11.9. The maximum Gasteiger partial charge on any atom is 0.264 e. The van der Waals surface area contributed by atoms with Crippen LogP contribution in [0.2, 0.25) is 0 Å². The quantitative estimate of drug-likeness (QED) is 0.413. The molecule has 0 atom stereocenters. The highest BCUT2D eigenvalue weighted by molar-refractivity contribution is 7.85. The zero-order chi connectivity index (χ0) is 19.4. The number of hydrogen-bond acceptors (Lipinski definition) is 6. The molecule has 0 unspecified atom stereocenters. The standard InChI is InChI=1S/C18H29NO6S/c1-15(2)14-23-11-4-6-18(20)19-16-7-9-17(10-8-16)24-12-5-13-25-26(3,21)22/h7-10,15H,4-6,11-14H2,1-3H3,(H,19,20). The highest BCUT2D eigenvalue weighted by Crippen LogP contribution is 2.16. The van der Waals surface area contributed by atoms with Gasteiger partial charge < -0.3 is 14.8 Å². The number of anilines is 1. The van der Waals surface area contributed by atoms with Gasteiger partial charge >= 0.3 is 0 Å². The van der Waals surface area contributed by atoms with Crippen molar-refractivity contribution >= 4 is 21.7 Å². The van der Waals surface area contributed by atoms with Crippen LogP contribution in [0.15, 0.2) is 24.3 Å². The molecule has 0 aliphatic heterocycles. The lowest BCUT2D eigenvalue weighted by molar-refractivity contribution is -0.116. The average Bonchev–Trinajstić information content (AvgIpc) is 2.54. The first kappa shape index (κ1) is 22.4. The third-order valence-corrected chi connectivity index (χ3v) is 3.73. The van der Waals surface area contributed by atoms with E-state index in [0.717, 1.165) is 6.26 Å². The summed E-state index contributed by atoms with van der Waals surface area (Å²) in [6.45, 7) is 5.91. The molecule has 0 saturated carbocycles. The number of rotatable bonds is 13. The highest BCUT2D eigenvalue weighted by atomic mass is 32.2. The predicted octanol–water partition coefficient (Wildman–Crippen LogP) is 2.82. The molecule has 0 heterocycles. The van der Waals surface area contributed by atoms with E-state index in [1.54, 1.807) is 24.3 Å². The Hall–Kier alpha value is -1.64. The van der Waals surface area contributed by atoms with Crippen LogP contribution in [0.25, 0.3) is 0 Å². The SMILES string of the molecule is CC(C)COCCCC(=O)Nc1ccc(OCCCOS(C)(=O)=O)cc1. The van der Waals surface area contributed by atoms with Gasteiger partial charge in [0.15, 0.2) is 0 Å². The Balaban J connectivity index is 2.20. The zero-order valence-electron chi connectivity index (χ0n) is 15.7. The number of carbonyl (C=O) groups is 1. The number of carbonyl (C=O) groups excluding carboxylic acids is 1. The lowest BCUT2D eigenvalue weighted by Gasteiger charge is -2.09. The van der Waals surface area contributed by atoms with Crippen molar-refractivity contribution in [3.8, 4) is 5.75 Å². The summed E-state index contributed by atoms with van der Waals surface area (Å²) < 4.78 is 37.2. The molecule has 26 heavy (non-hydrogen) atoms. The van der Waals surface area contributed by atoms with E-state index in [9.17, 15) is 13.2 Å². The fourth-order valence-corrected chi connectivity index (χ4v) is 2.39. The van der Waals surface area contributed by atoms with E-state index in [2.05, 4.69) is 23.3 Å². The molecular formula is C18H29NO6S. The molecular weight excluding hydrogens is 358 g/mol. The summed E-state index contributed by atoms with van der Waals surface area (Å²) in [5, 5.41) is 2.83. The number of hydrogen-bond donors (Lipinski definition) is 1. The molecule has 1 amide bonds. The Bertz CT molecular complexity index is 628. The summed E-state index contributed by atoms with van der Waals surface area (Å²) in [4.78, 5) is 11.9. The van der Waals surface area contributed by atoms with Gasteiger partial charge in [0.1, 0.15) is 5.75 Å². The summed E-state index contributed by atoms with van der Waals surface area (Å²) in [6, 6.07) is 7.02. The Morgan fingerprint density at radius 2 is 1.77 bits per heavy atom. The van der Waals surface area contributed by atoms with Gasteiger partial charge in [0.25, 0.3) is 10.1 Å². The second kappa shape index (κ2) is 11.9. The third-order valence-electron chi connectivity index (χ3n) is 3.14. The summed E-state index contributed by atoms with van der Waals surface area (Å²) in [6.07, 6.45) is 2.58. The smallest absolute Gasteiger partial charge is 0.264 e.